The van der Waals surface area contributed by atoms with Gasteiger partial charge in [-0.2, -0.15) is 0 Å². The van der Waals surface area contributed by atoms with Gasteiger partial charge in [-0.15, -0.1) is 0 Å². The Kier molecular flexibility index (Phi) is 4.88. The SMILES string of the molecule is Cc1ccc(NC(=O)N2CCC(c3cnc(N)cc3C)CC2)cc1F. The third-order valence-electron chi connectivity index (χ3n) is 4.82. The molecule has 6 heteroatoms. The lowest BCUT2D eigenvalue weighted by molar-refractivity contribution is 0.194. The number of hydrogen-bond donors (Lipinski definition) is 2. The maximum atomic E-state index is 13.6. The molecule has 1 fully saturated rings. The Labute approximate surface area is 147 Å². The van der Waals surface area contributed by atoms with Crippen molar-refractivity contribution in [1.82, 2.24) is 9.88 Å². The van der Waals surface area contributed by atoms with E-state index in [0.717, 1.165) is 18.4 Å². The zero-order chi connectivity index (χ0) is 18.0. The fourth-order valence-electron chi connectivity index (χ4n) is 3.28. The molecule has 0 bridgehead atoms. The number of amides is 2. The van der Waals surface area contributed by atoms with Crippen molar-refractivity contribution in [2.45, 2.75) is 32.6 Å². The number of hydrogen-bond acceptors (Lipinski definition) is 3. The Morgan fingerprint density at radius 3 is 2.60 bits per heavy atom. The molecule has 3 N–H and O–H groups in total. The van der Waals surface area contributed by atoms with Gasteiger partial charge in [0, 0.05) is 25.0 Å². The first-order valence-electron chi connectivity index (χ1n) is 8.48. The minimum absolute atomic E-state index is 0.186. The Morgan fingerprint density at radius 1 is 1.24 bits per heavy atom. The third kappa shape index (κ3) is 3.90. The summed E-state index contributed by atoms with van der Waals surface area (Å²) in [7, 11) is 0. The van der Waals surface area contributed by atoms with Gasteiger partial charge >= 0.3 is 6.03 Å². The van der Waals surface area contributed by atoms with Gasteiger partial charge in [-0.05, 0) is 67.5 Å². The average molecular weight is 342 g/mol. The second-order valence-electron chi connectivity index (χ2n) is 6.62. The predicted molar refractivity (Wildman–Crippen MR) is 97.1 cm³/mol. The van der Waals surface area contributed by atoms with E-state index in [0.29, 0.717) is 36.1 Å². The Bertz CT molecular complexity index is 785. The average Bonchev–Trinajstić information content (AvgIpc) is 2.58. The van der Waals surface area contributed by atoms with Gasteiger partial charge in [0.1, 0.15) is 11.6 Å². The van der Waals surface area contributed by atoms with Crippen LogP contribution in [0.25, 0.3) is 0 Å². The number of benzene rings is 1. The van der Waals surface area contributed by atoms with E-state index in [1.165, 1.54) is 11.6 Å². The predicted octanol–water partition coefficient (Wildman–Crippen LogP) is 3.83. The standard InChI is InChI=1S/C19H23FN4O/c1-12-3-4-15(10-17(12)20)23-19(25)24-7-5-14(6-8-24)16-11-22-18(21)9-13(16)2/h3-4,9-11,14H,5-8H2,1-2H3,(H2,21,22)(H,23,25). The number of nitrogens with one attached hydrogen (secondary N) is 1. The number of aromatic nitrogens is 1. The molecule has 0 saturated carbocycles. The lowest BCUT2D eigenvalue weighted by Crippen LogP contribution is -2.40. The van der Waals surface area contributed by atoms with E-state index in [4.69, 9.17) is 5.73 Å². The topological polar surface area (TPSA) is 71.2 Å². The van der Waals surface area contributed by atoms with E-state index in [1.54, 1.807) is 24.0 Å². The van der Waals surface area contributed by atoms with Crippen LogP contribution in [0.1, 0.15) is 35.4 Å². The van der Waals surface area contributed by atoms with Gasteiger partial charge in [0.05, 0.1) is 0 Å². The van der Waals surface area contributed by atoms with Crippen LogP contribution in [-0.2, 0) is 0 Å². The zero-order valence-corrected chi connectivity index (χ0v) is 14.6. The molecule has 0 unspecified atom stereocenters. The molecule has 2 amide bonds. The van der Waals surface area contributed by atoms with E-state index in [1.807, 2.05) is 19.2 Å². The van der Waals surface area contributed by atoms with Gasteiger partial charge in [-0.1, -0.05) is 6.07 Å². The molecule has 132 valence electrons. The summed E-state index contributed by atoms with van der Waals surface area (Å²) in [5.74, 6) is 0.597. The number of rotatable bonds is 2. The van der Waals surface area contributed by atoms with Crippen molar-refractivity contribution in [3.05, 3.63) is 53.0 Å². The minimum atomic E-state index is -0.317. The molecule has 0 aliphatic carbocycles. The molecule has 1 aromatic heterocycles. The van der Waals surface area contributed by atoms with E-state index >= 15 is 0 Å². The van der Waals surface area contributed by atoms with Gasteiger partial charge in [-0.25, -0.2) is 14.2 Å². The fraction of sp³-hybridized carbons (Fsp3) is 0.368. The summed E-state index contributed by atoms with van der Waals surface area (Å²) < 4.78 is 13.6. The van der Waals surface area contributed by atoms with Crippen LogP contribution in [-0.4, -0.2) is 29.0 Å². The van der Waals surface area contributed by atoms with Crippen molar-refractivity contribution in [2.24, 2.45) is 0 Å². The molecule has 1 aliphatic heterocycles. The lowest BCUT2D eigenvalue weighted by Gasteiger charge is -2.32. The number of nitrogens with zero attached hydrogens (tertiary/aromatic N) is 2. The summed E-state index contributed by atoms with van der Waals surface area (Å²) in [6.45, 7) is 5.06. The van der Waals surface area contributed by atoms with Crippen molar-refractivity contribution in [3.8, 4) is 0 Å². The molecular weight excluding hydrogens is 319 g/mol. The second kappa shape index (κ2) is 7.09. The number of anilines is 2. The highest BCUT2D eigenvalue weighted by Crippen LogP contribution is 2.30. The van der Waals surface area contributed by atoms with Crippen molar-refractivity contribution in [3.63, 3.8) is 0 Å². The van der Waals surface area contributed by atoms with Crippen LogP contribution >= 0.6 is 0 Å². The summed E-state index contributed by atoms with van der Waals surface area (Å²) in [6, 6.07) is 6.43. The van der Waals surface area contributed by atoms with Crippen molar-refractivity contribution >= 4 is 17.5 Å². The monoisotopic (exact) mass is 342 g/mol. The second-order valence-corrected chi connectivity index (χ2v) is 6.62. The smallest absolute Gasteiger partial charge is 0.321 e. The number of piperidine rings is 1. The molecule has 5 nitrogen and oxygen atoms in total. The lowest BCUT2D eigenvalue weighted by atomic mass is 9.88. The highest BCUT2D eigenvalue weighted by molar-refractivity contribution is 5.89. The summed E-state index contributed by atoms with van der Waals surface area (Å²) in [5, 5.41) is 2.77. The number of carbonyl (C=O) groups is 1. The van der Waals surface area contributed by atoms with Crippen molar-refractivity contribution in [1.29, 1.82) is 0 Å². The van der Waals surface area contributed by atoms with Crippen molar-refractivity contribution in [2.75, 3.05) is 24.1 Å². The highest BCUT2D eigenvalue weighted by Gasteiger charge is 2.25. The van der Waals surface area contributed by atoms with Crippen LogP contribution in [0.2, 0.25) is 0 Å². The maximum Gasteiger partial charge on any atom is 0.321 e. The number of halogens is 1. The third-order valence-corrected chi connectivity index (χ3v) is 4.82. The number of pyridine rings is 1. The van der Waals surface area contributed by atoms with Crippen molar-refractivity contribution < 1.29 is 9.18 Å². The molecular formula is C19H23FN4O. The van der Waals surface area contributed by atoms with E-state index in [-0.39, 0.29) is 11.8 Å². The van der Waals surface area contributed by atoms with E-state index in [2.05, 4.69) is 10.3 Å². The van der Waals surface area contributed by atoms with Gasteiger partial charge in [0.25, 0.3) is 0 Å². The maximum absolute atomic E-state index is 13.6. The molecule has 25 heavy (non-hydrogen) atoms. The number of aryl methyl sites for hydroxylation is 2. The largest absolute Gasteiger partial charge is 0.384 e. The quantitative estimate of drug-likeness (QED) is 0.871. The van der Waals surface area contributed by atoms with E-state index < -0.39 is 0 Å². The highest BCUT2D eigenvalue weighted by atomic mass is 19.1. The first-order valence-corrected chi connectivity index (χ1v) is 8.48. The summed E-state index contributed by atoms with van der Waals surface area (Å²) in [6.07, 6.45) is 3.60. The Balaban J connectivity index is 1.59. The van der Waals surface area contributed by atoms with Crippen LogP contribution in [0.15, 0.2) is 30.5 Å². The zero-order valence-electron chi connectivity index (χ0n) is 14.6. The Morgan fingerprint density at radius 2 is 1.96 bits per heavy atom. The minimum Gasteiger partial charge on any atom is -0.384 e. The number of nitrogens with two attached hydrogens (primary N) is 1. The molecule has 0 atom stereocenters. The van der Waals surface area contributed by atoms with Crippen LogP contribution in [0.3, 0.4) is 0 Å². The van der Waals surface area contributed by atoms with Gasteiger partial charge < -0.3 is 16.0 Å². The van der Waals surface area contributed by atoms with Crippen LogP contribution < -0.4 is 11.1 Å². The fourth-order valence-corrected chi connectivity index (χ4v) is 3.28. The molecule has 3 rings (SSSR count). The normalized spacial score (nSPS) is 15.2. The van der Waals surface area contributed by atoms with Crippen LogP contribution in [0, 0.1) is 19.7 Å². The van der Waals surface area contributed by atoms with Crippen LogP contribution in [0.5, 0.6) is 0 Å². The summed E-state index contributed by atoms with van der Waals surface area (Å²) >= 11 is 0. The summed E-state index contributed by atoms with van der Waals surface area (Å²) in [5.41, 5.74) is 9.10. The first kappa shape index (κ1) is 17.2. The molecule has 1 aromatic carbocycles. The number of carbonyl (C=O) groups excluding carboxylic acids is 1. The Hall–Kier alpha value is -2.63. The van der Waals surface area contributed by atoms with Gasteiger partial charge in [-0.3, -0.25) is 0 Å². The molecule has 1 saturated heterocycles. The van der Waals surface area contributed by atoms with Gasteiger partial charge in [0.2, 0.25) is 0 Å². The summed E-state index contributed by atoms with van der Waals surface area (Å²) in [4.78, 5) is 18.3. The molecule has 1 aliphatic rings. The number of nitrogen functional groups attached to an aromatic ring is 1. The molecule has 0 radical (unpaired) electrons. The first-order chi connectivity index (χ1) is 11.9. The number of likely N-dealkylation sites (tertiary alicyclic amines) is 1. The molecule has 0 spiro atoms. The van der Waals surface area contributed by atoms with E-state index in [9.17, 15) is 9.18 Å². The molecule has 2 heterocycles. The number of urea groups is 1. The molecule has 2 aromatic rings. The van der Waals surface area contributed by atoms with Gasteiger partial charge in [0.15, 0.2) is 0 Å². The van der Waals surface area contributed by atoms with Crippen LogP contribution in [0.4, 0.5) is 20.7 Å².